The van der Waals surface area contributed by atoms with Gasteiger partial charge in [0, 0.05) is 42.8 Å². The molecule has 25 heavy (non-hydrogen) atoms. The van der Waals surface area contributed by atoms with Crippen LogP contribution in [0, 0.1) is 6.92 Å². The molecule has 0 bridgehead atoms. The van der Waals surface area contributed by atoms with Gasteiger partial charge >= 0.3 is 0 Å². The Bertz CT molecular complexity index is 838. The second kappa shape index (κ2) is 6.90. The molecule has 3 aromatic rings. The fourth-order valence-electron chi connectivity index (χ4n) is 3.12. The third-order valence-corrected chi connectivity index (χ3v) is 4.98. The van der Waals surface area contributed by atoms with Crippen molar-refractivity contribution in [1.82, 2.24) is 15.0 Å². The maximum absolute atomic E-state index is 6.14. The molecule has 0 unspecified atom stereocenters. The second-order valence-electron chi connectivity index (χ2n) is 6.32. The first-order valence-electron chi connectivity index (χ1n) is 8.37. The Balaban J connectivity index is 1.65. The molecular formula is C19H20N4OS. The summed E-state index contributed by atoms with van der Waals surface area (Å²) < 4.78 is 6.14. The van der Waals surface area contributed by atoms with E-state index in [1.165, 1.54) is 5.56 Å². The average molecular weight is 352 g/mol. The summed E-state index contributed by atoms with van der Waals surface area (Å²) in [6.45, 7) is 5.75. The molecular weight excluding hydrogens is 332 g/mol. The van der Waals surface area contributed by atoms with Gasteiger partial charge in [-0.3, -0.25) is 4.98 Å². The summed E-state index contributed by atoms with van der Waals surface area (Å²) >= 11 is 1.70. The van der Waals surface area contributed by atoms with Crippen molar-refractivity contribution in [2.75, 3.05) is 18.0 Å². The van der Waals surface area contributed by atoms with Gasteiger partial charge in [0.1, 0.15) is 11.9 Å². The van der Waals surface area contributed by atoms with E-state index in [9.17, 15) is 0 Å². The predicted molar refractivity (Wildman–Crippen MR) is 99.8 cm³/mol. The number of aromatic nitrogens is 3. The van der Waals surface area contributed by atoms with Crippen molar-refractivity contribution in [3.8, 4) is 11.4 Å². The second-order valence-corrected chi connectivity index (χ2v) is 7.10. The van der Waals surface area contributed by atoms with Crippen molar-refractivity contribution in [2.24, 2.45) is 0 Å². The van der Waals surface area contributed by atoms with Crippen LogP contribution in [0.5, 0.6) is 0 Å². The highest BCUT2D eigenvalue weighted by Gasteiger charge is 2.28. The van der Waals surface area contributed by atoms with Gasteiger partial charge in [-0.1, -0.05) is 0 Å². The monoisotopic (exact) mass is 352 g/mol. The molecule has 128 valence electrons. The number of morpholine rings is 1. The Labute approximate surface area is 151 Å². The van der Waals surface area contributed by atoms with Crippen LogP contribution >= 0.6 is 11.3 Å². The molecule has 5 nitrogen and oxygen atoms in total. The standard InChI is InChI=1S/C19H20N4OS/c1-13-9-18(22-19(21-13)15-3-6-20-7-4-15)23-10-14(2)24-17(11-23)16-5-8-25-12-16/h3-9,12,14,17H,10-11H2,1-2H3/t14-,17-/m0/s1. The third kappa shape index (κ3) is 3.55. The molecule has 0 aromatic carbocycles. The molecule has 0 aliphatic carbocycles. The fraction of sp³-hybridized carbons (Fsp3) is 0.316. The molecule has 1 saturated heterocycles. The molecule has 2 atom stereocenters. The van der Waals surface area contributed by atoms with Gasteiger partial charge < -0.3 is 9.64 Å². The smallest absolute Gasteiger partial charge is 0.161 e. The normalized spacial score (nSPS) is 20.6. The van der Waals surface area contributed by atoms with Gasteiger partial charge in [-0.15, -0.1) is 0 Å². The van der Waals surface area contributed by atoms with Gasteiger partial charge in [0.05, 0.1) is 6.10 Å². The lowest BCUT2D eigenvalue weighted by molar-refractivity contribution is -0.0174. The first-order valence-corrected chi connectivity index (χ1v) is 9.32. The molecule has 0 spiro atoms. The SMILES string of the molecule is Cc1cc(N2C[C@@H](c3ccsc3)O[C@@H](C)C2)nc(-c2ccncc2)n1. The highest BCUT2D eigenvalue weighted by atomic mass is 32.1. The lowest BCUT2D eigenvalue weighted by atomic mass is 10.1. The van der Waals surface area contributed by atoms with Gasteiger partial charge in [-0.25, -0.2) is 9.97 Å². The minimum absolute atomic E-state index is 0.0784. The summed E-state index contributed by atoms with van der Waals surface area (Å²) in [5.74, 6) is 1.69. The summed E-state index contributed by atoms with van der Waals surface area (Å²) in [4.78, 5) is 15.8. The molecule has 1 aliphatic heterocycles. The summed E-state index contributed by atoms with van der Waals surface area (Å²) in [5.41, 5.74) is 3.18. The van der Waals surface area contributed by atoms with Crippen LogP contribution in [0.4, 0.5) is 5.82 Å². The molecule has 3 aromatic heterocycles. The summed E-state index contributed by atoms with van der Waals surface area (Å²) in [7, 11) is 0. The predicted octanol–water partition coefficient (Wildman–Crippen LogP) is 3.87. The van der Waals surface area contributed by atoms with E-state index in [0.717, 1.165) is 36.0 Å². The lowest BCUT2D eigenvalue weighted by Crippen LogP contribution is -2.43. The van der Waals surface area contributed by atoms with Gasteiger partial charge in [0.15, 0.2) is 5.82 Å². The Hall–Kier alpha value is -2.31. The molecule has 4 rings (SSSR count). The number of nitrogens with zero attached hydrogens (tertiary/aromatic N) is 4. The van der Waals surface area contributed by atoms with Crippen molar-refractivity contribution in [2.45, 2.75) is 26.1 Å². The quantitative estimate of drug-likeness (QED) is 0.716. The molecule has 1 aliphatic rings. The zero-order valence-electron chi connectivity index (χ0n) is 14.3. The van der Waals surface area contributed by atoms with E-state index in [4.69, 9.17) is 9.72 Å². The van der Waals surface area contributed by atoms with Gasteiger partial charge in [0.25, 0.3) is 0 Å². The molecule has 4 heterocycles. The van der Waals surface area contributed by atoms with Crippen molar-refractivity contribution in [3.63, 3.8) is 0 Å². The number of pyridine rings is 1. The van der Waals surface area contributed by atoms with Crippen LogP contribution in [0.3, 0.4) is 0 Å². The topological polar surface area (TPSA) is 51.1 Å². The van der Waals surface area contributed by atoms with Crippen LogP contribution in [-0.2, 0) is 4.74 Å². The number of hydrogen-bond acceptors (Lipinski definition) is 6. The van der Waals surface area contributed by atoms with Crippen LogP contribution in [0.1, 0.15) is 24.3 Å². The van der Waals surface area contributed by atoms with Crippen molar-refractivity contribution in [3.05, 3.63) is 58.7 Å². The van der Waals surface area contributed by atoms with E-state index >= 15 is 0 Å². The minimum atomic E-state index is 0.0784. The van der Waals surface area contributed by atoms with Gasteiger partial charge in [-0.2, -0.15) is 11.3 Å². The fourth-order valence-corrected chi connectivity index (χ4v) is 3.83. The first-order chi connectivity index (χ1) is 12.2. The largest absolute Gasteiger partial charge is 0.367 e. The zero-order chi connectivity index (χ0) is 17.2. The summed E-state index contributed by atoms with van der Waals surface area (Å²) in [5, 5.41) is 4.26. The maximum atomic E-state index is 6.14. The van der Waals surface area contributed by atoms with Crippen molar-refractivity contribution in [1.29, 1.82) is 0 Å². The van der Waals surface area contributed by atoms with Crippen molar-refractivity contribution < 1.29 is 4.74 Å². The summed E-state index contributed by atoms with van der Waals surface area (Å²) in [6, 6.07) is 8.07. The third-order valence-electron chi connectivity index (χ3n) is 4.28. The Morgan fingerprint density at radius 3 is 2.76 bits per heavy atom. The van der Waals surface area contributed by atoms with Crippen LogP contribution in [0.25, 0.3) is 11.4 Å². The maximum Gasteiger partial charge on any atom is 0.161 e. The number of aryl methyl sites for hydroxylation is 1. The number of rotatable bonds is 3. The summed E-state index contributed by atoms with van der Waals surface area (Å²) in [6.07, 6.45) is 3.77. The van der Waals surface area contributed by atoms with E-state index in [0.29, 0.717) is 0 Å². The van der Waals surface area contributed by atoms with E-state index in [1.807, 2.05) is 25.1 Å². The van der Waals surface area contributed by atoms with Crippen LogP contribution in [0.2, 0.25) is 0 Å². The van der Waals surface area contributed by atoms with E-state index in [-0.39, 0.29) is 12.2 Å². The molecule has 6 heteroatoms. The van der Waals surface area contributed by atoms with E-state index in [2.05, 4.69) is 38.6 Å². The Morgan fingerprint density at radius 1 is 1.16 bits per heavy atom. The molecule has 0 radical (unpaired) electrons. The van der Waals surface area contributed by atoms with Gasteiger partial charge in [0.2, 0.25) is 0 Å². The van der Waals surface area contributed by atoms with Crippen LogP contribution < -0.4 is 4.90 Å². The molecule has 0 N–H and O–H groups in total. The number of anilines is 1. The number of hydrogen-bond donors (Lipinski definition) is 0. The van der Waals surface area contributed by atoms with E-state index in [1.54, 1.807) is 23.7 Å². The Kier molecular flexibility index (Phi) is 4.46. The number of ether oxygens (including phenoxy) is 1. The lowest BCUT2D eigenvalue weighted by Gasteiger charge is -2.37. The zero-order valence-corrected chi connectivity index (χ0v) is 15.1. The van der Waals surface area contributed by atoms with E-state index < -0.39 is 0 Å². The average Bonchev–Trinajstić information content (AvgIpc) is 3.16. The molecule has 0 amide bonds. The van der Waals surface area contributed by atoms with Crippen molar-refractivity contribution >= 4 is 17.2 Å². The minimum Gasteiger partial charge on any atom is -0.367 e. The van der Waals surface area contributed by atoms with Gasteiger partial charge in [-0.05, 0) is 48.4 Å². The molecule has 1 fully saturated rings. The highest BCUT2D eigenvalue weighted by molar-refractivity contribution is 7.07. The van der Waals surface area contributed by atoms with Crippen LogP contribution in [0.15, 0.2) is 47.4 Å². The van der Waals surface area contributed by atoms with Crippen LogP contribution in [-0.4, -0.2) is 34.1 Å². The first kappa shape index (κ1) is 16.2. The number of thiophene rings is 1. The molecule has 0 saturated carbocycles. The highest BCUT2D eigenvalue weighted by Crippen LogP contribution is 2.30. The Morgan fingerprint density at radius 2 is 2.00 bits per heavy atom.